The van der Waals surface area contributed by atoms with Gasteiger partial charge in [-0.2, -0.15) is 4.98 Å². The first kappa shape index (κ1) is 24.8. The minimum absolute atomic E-state index is 0.175. The van der Waals surface area contributed by atoms with E-state index >= 15 is 0 Å². The van der Waals surface area contributed by atoms with Crippen molar-refractivity contribution in [3.05, 3.63) is 47.5 Å². The molecule has 1 amide bonds. The maximum Gasteiger partial charge on any atom is 0.247 e. The van der Waals surface area contributed by atoms with Gasteiger partial charge in [0.25, 0.3) is 0 Å². The van der Waals surface area contributed by atoms with Crippen LogP contribution in [-0.4, -0.2) is 40.6 Å². The summed E-state index contributed by atoms with van der Waals surface area (Å²) in [5.41, 5.74) is 3.69. The Bertz CT molecular complexity index is 1220. The molecule has 9 heteroatoms. The summed E-state index contributed by atoms with van der Waals surface area (Å²) in [7, 11) is 1.59. The van der Waals surface area contributed by atoms with Gasteiger partial charge in [-0.3, -0.25) is 9.69 Å². The number of thioether (sulfide) groups is 1. The van der Waals surface area contributed by atoms with Crippen LogP contribution in [-0.2, 0) is 4.79 Å². The number of nitrogens with zero attached hydrogens (tertiary/aromatic N) is 4. The Morgan fingerprint density at radius 3 is 2.69 bits per heavy atom. The topological polar surface area (TPSA) is 86.7 Å². The van der Waals surface area contributed by atoms with Gasteiger partial charge in [-0.1, -0.05) is 36.7 Å². The van der Waals surface area contributed by atoms with Crippen LogP contribution in [0.3, 0.4) is 0 Å². The molecule has 1 aliphatic rings. The highest BCUT2D eigenvalue weighted by atomic mass is 32.2. The van der Waals surface area contributed by atoms with Gasteiger partial charge in [0, 0.05) is 23.8 Å². The zero-order chi connectivity index (χ0) is 24.9. The molecule has 0 fully saturated rings. The summed E-state index contributed by atoms with van der Waals surface area (Å²) < 4.78 is 17.7. The molecule has 1 atom stereocenters. The number of hydrogen-bond acceptors (Lipinski definition) is 8. The number of unbranched alkanes of at least 4 members (excludes halogenated alkanes) is 1. The van der Waals surface area contributed by atoms with Crippen LogP contribution in [0.25, 0.3) is 11.3 Å². The molecule has 2 aromatic carbocycles. The van der Waals surface area contributed by atoms with Gasteiger partial charge in [0.2, 0.25) is 23.2 Å². The van der Waals surface area contributed by atoms with Gasteiger partial charge in [-0.05, 0) is 50.6 Å². The Balaban J connectivity index is 1.87. The van der Waals surface area contributed by atoms with Crippen LogP contribution in [0.5, 0.6) is 17.4 Å². The van der Waals surface area contributed by atoms with Crippen LogP contribution in [0.4, 0.5) is 5.69 Å². The van der Waals surface area contributed by atoms with Gasteiger partial charge in [0.1, 0.15) is 0 Å². The molecule has 35 heavy (non-hydrogen) atoms. The average molecular weight is 495 g/mol. The van der Waals surface area contributed by atoms with Crippen molar-refractivity contribution in [1.82, 2.24) is 15.2 Å². The van der Waals surface area contributed by atoms with E-state index in [2.05, 4.69) is 17.1 Å². The maximum atomic E-state index is 13.0. The molecule has 0 unspecified atom stereocenters. The lowest BCUT2D eigenvalue weighted by molar-refractivity contribution is -0.118. The summed E-state index contributed by atoms with van der Waals surface area (Å²) in [6, 6.07) is 11.4. The van der Waals surface area contributed by atoms with Gasteiger partial charge in [0.05, 0.1) is 19.4 Å². The van der Waals surface area contributed by atoms with Crippen molar-refractivity contribution in [2.24, 2.45) is 0 Å². The number of amides is 1. The second kappa shape index (κ2) is 10.9. The molecular weight excluding hydrogens is 464 g/mol. The van der Waals surface area contributed by atoms with E-state index in [1.54, 1.807) is 23.8 Å². The maximum absolute atomic E-state index is 13.0. The summed E-state index contributed by atoms with van der Waals surface area (Å²) in [5, 5.41) is 9.38. The third-order valence-corrected chi connectivity index (χ3v) is 6.52. The van der Waals surface area contributed by atoms with E-state index in [-0.39, 0.29) is 5.91 Å². The second-order valence-corrected chi connectivity index (χ2v) is 9.24. The van der Waals surface area contributed by atoms with E-state index in [0.717, 1.165) is 35.3 Å². The van der Waals surface area contributed by atoms with Crippen molar-refractivity contribution in [1.29, 1.82) is 0 Å². The van der Waals surface area contributed by atoms with Crippen molar-refractivity contribution in [2.75, 3.05) is 24.4 Å². The summed E-state index contributed by atoms with van der Waals surface area (Å²) >= 11 is 1.54. The lowest BCUT2D eigenvalue weighted by Crippen LogP contribution is -2.36. The Kier molecular flexibility index (Phi) is 7.75. The molecule has 1 aromatic heterocycles. The first-order valence-electron chi connectivity index (χ1n) is 11.7. The fourth-order valence-electron chi connectivity index (χ4n) is 3.92. The standard InChI is InChI=1S/C26H30N4O4S/c1-6-8-13-35-26-27-24-23(28-29-26)19-14-16(3)9-11-20(19)30(17(4)31)25(34-24)18-10-12-21(33-7-2)22(15-18)32-5/h9-12,14-15,25H,6-8,13H2,1-5H3/t25-/m0/s1. The number of anilines is 1. The zero-order valence-corrected chi connectivity index (χ0v) is 21.5. The molecule has 4 rings (SSSR count). The fourth-order valence-corrected chi connectivity index (χ4v) is 4.78. The van der Waals surface area contributed by atoms with Gasteiger partial charge in [-0.15, -0.1) is 10.2 Å². The highest BCUT2D eigenvalue weighted by molar-refractivity contribution is 7.99. The van der Waals surface area contributed by atoms with Gasteiger partial charge in [-0.25, -0.2) is 0 Å². The highest BCUT2D eigenvalue weighted by Crippen LogP contribution is 2.44. The minimum Gasteiger partial charge on any atom is -0.493 e. The fraction of sp³-hybridized carbons (Fsp3) is 0.385. The number of ether oxygens (including phenoxy) is 3. The van der Waals surface area contributed by atoms with Gasteiger partial charge < -0.3 is 14.2 Å². The SMILES string of the molecule is CCCCSc1nnc2c(n1)O[C@@H](c1ccc(OCC)c(OC)c1)N(C(C)=O)c1ccc(C)cc1-2. The van der Waals surface area contributed by atoms with Crippen molar-refractivity contribution >= 4 is 23.4 Å². The zero-order valence-electron chi connectivity index (χ0n) is 20.7. The van der Waals surface area contributed by atoms with Gasteiger partial charge >= 0.3 is 0 Å². The molecule has 0 aliphatic carbocycles. The molecule has 0 saturated carbocycles. The molecule has 3 aromatic rings. The minimum atomic E-state index is -0.787. The number of hydrogen-bond donors (Lipinski definition) is 0. The predicted molar refractivity (Wildman–Crippen MR) is 136 cm³/mol. The van der Waals surface area contributed by atoms with Crippen LogP contribution >= 0.6 is 11.8 Å². The van der Waals surface area contributed by atoms with Crippen molar-refractivity contribution in [3.8, 4) is 28.6 Å². The molecule has 2 heterocycles. The number of carbonyl (C=O) groups excluding carboxylic acids is 1. The molecule has 1 aliphatic heterocycles. The molecule has 0 radical (unpaired) electrons. The first-order chi connectivity index (χ1) is 17.0. The number of carbonyl (C=O) groups is 1. The van der Waals surface area contributed by atoms with E-state index < -0.39 is 6.23 Å². The Hall–Kier alpha value is -3.33. The molecule has 0 spiro atoms. The number of aromatic nitrogens is 3. The van der Waals surface area contributed by atoms with Crippen LogP contribution in [0.15, 0.2) is 41.6 Å². The van der Waals surface area contributed by atoms with Crippen molar-refractivity contribution < 1.29 is 19.0 Å². The number of rotatable bonds is 8. The van der Waals surface area contributed by atoms with E-state index in [1.807, 2.05) is 50.2 Å². The number of methoxy groups -OCH3 is 1. The monoisotopic (exact) mass is 494 g/mol. The smallest absolute Gasteiger partial charge is 0.247 e. The Morgan fingerprint density at radius 2 is 1.97 bits per heavy atom. The first-order valence-corrected chi connectivity index (χ1v) is 12.7. The van der Waals surface area contributed by atoms with E-state index in [4.69, 9.17) is 19.2 Å². The third kappa shape index (κ3) is 5.19. The van der Waals surface area contributed by atoms with Gasteiger partial charge in [0.15, 0.2) is 17.2 Å². The molecule has 0 bridgehead atoms. The molecule has 8 nitrogen and oxygen atoms in total. The number of aryl methyl sites for hydroxylation is 1. The lowest BCUT2D eigenvalue weighted by Gasteiger charge is -2.30. The highest BCUT2D eigenvalue weighted by Gasteiger charge is 2.35. The summed E-state index contributed by atoms with van der Waals surface area (Å²) in [4.78, 5) is 19.4. The number of fused-ring (bicyclic) bond motifs is 3. The van der Waals surface area contributed by atoms with Crippen LogP contribution in [0, 0.1) is 6.92 Å². The quantitative estimate of drug-likeness (QED) is 0.296. The molecular formula is C26H30N4O4S. The summed E-state index contributed by atoms with van der Waals surface area (Å²) in [6.45, 7) is 8.08. The van der Waals surface area contributed by atoms with Crippen molar-refractivity contribution in [3.63, 3.8) is 0 Å². The Morgan fingerprint density at radius 1 is 1.14 bits per heavy atom. The largest absolute Gasteiger partial charge is 0.493 e. The summed E-state index contributed by atoms with van der Waals surface area (Å²) in [6.07, 6.45) is 1.36. The molecule has 0 saturated heterocycles. The average Bonchev–Trinajstić information content (AvgIpc) is 2.98. The normalized spacial score (nSPS) is 14.4. The van der Waals surface area contributed by atoms with E-state index in [1.165, 1.54) is 6.92 Å². The van der Waals surface area contributed by atoms with Crippen LogP contribution in [0.2, 0.25) is 0 Å². The number of benzene rings is 2. The van der Waals surface area contributed by atoms with Crippen LogP contribution < -0.4 is 19.1 Å². The van der Waals surface area contributed by atoms with Crippen molar-refractivity contribution in [2.45, 2.75) is 51.9 Å². The van der Waals surface area contributed by atoms with E-state index in [0.29, 0.717) is 40.5 Å². The lowest BCUT2D eigenvalue weighted by atomic mass is 10.0. The van der Waals surface area contributed by atoms with E-state index in [9.17, 15) is 4.79 Å². The summed E-state index contributed by atoms with van der Waals surface area (Å²) in [5.74, 6) is 2.24. The molecule has 184 valence electrons. The van der Waals surface area contributed by atoms with Crippen LogP contribution in [0.1, 0.15) is 51.0 Å². The predicted octanol–water partition coefficient (Wildman–Crippen LogP) is 5.59. The second-order valence-electron chi connectivity index (χ2n) is 8.17. The third-order valence-electron chi connectivity index (χ3n) is 5.60. The molecule has 0 N–H and O–H groups in total. The Labute approximate surface area is 210 Å².